The molecular formula is C9H9BrOS. The maximum absolute atomic E-state index is 11.5. The van der Waals surface area contributed by atoms with Crippen molar-refractivity contribution in [2.75, 3.05) is 0 Å². The first-order valence-electron chi connectivity index (χ1n) is 4.00. The summed E-state index contributed by atoms with van der Waals surface area (Å²) in [5.41, 5.74) is 0. The zero-order valence-electron chi connectivity index (χ0n) is 6.55. The summed E-state index contributed by atoms with van der Waals surface area (Å²) in [5.74, 6) is 0.707. The molecule has 3 heteroatoms. The van der Waals surface area contributed by atoms with Gasteiger partial charge < -0.3 is 0 Å². The second-order valence-electron chi connectivity index (χ2n) is 3.04. The van der Waals surface area contributed by atoms with Crippen molar-refractivity contribution in [2.45, 2.75) is 18.2 Å². The molecule has 1 aromatic heterocycles. The normalized spacial score (nSPS) is 16.4. The zero-order chi connectivity index (χ0) is 8.55. The molecule has 1 nitrogen and oxygen atoms in total. The Bertz CT molecular complexity index is 301. The predicted octanol–water partition coefficient (Wildman–Crippen LogP) is 3.24. The molecule has 0 aromatic carbocycles. The molecule has 1 aliphatic rings. The maximum Gasteiger partial charge on any atom is 0.175 e. The third-order valence-corrected chi connectivity index (χ3v) is 4.06. The van der Waals surface area contributed by atoms with Crippen molar-refractivity contribution in [1.29, 1.82) is 0 Å². The van der Waals surface area contributed by atoms with Crippen LogP contribution in [0.4, 0.5) is 0 Å². The molecule has 0 spiro atoms. The van der Waals surface area contributed by atoms with Crippen LogP contribution < -0.4 is 0 Å². The number of rotatable bonds is 3. The van der Waals surface area contributed by atoms with Gasteiger partial charge in [0.15, 0.2) is 5.78 Å². The molecule has 1 aromatic rings. The van der Waals surface area contributed by atoms with Gasteiger partial charge in [0.25, 0.3) is 0 Å². The van der Waals surface area contributed by atoms with Gasteiger partial charge in [0.1, 0.15) is 0 Å². The molecule has 0 N–H and O–H groups in total. The number of hydrogen-bond acceptors (Lipinski definition) is 2. The second-order valence-corrected chi connectivity index (χ2v) is 4.77. The lowest BCUT2D eigenvalue weighted by Crippen LogP contribution is -1.96. The molecule has 0 saturated heterocycles. The van der Waals surface area contributed by atoms with E-state index in [0.717, 1.165) is 23.0 Å². The SMILES string of the molecule is O=C(c1ccc(CBr)s1)C1CC1. The van der Waals surface area contributed by atoms with Gasteiger partial charge in [-0.3, -0.25) is 4.79 Å². The zero-order valence-corrected chi connectivity index (χ0v) is 8.95. The molecule has 12 heavy (non-hydrogen) atoms. The van der Waals surface area contributed by atoms with E-state index in [0.29, 0.717) is 11.7 Å². The Balaban J connectivity index is 2.16. The number of hydrogen-bond donors (Lipinski definition) is 0. The first kappa shape index (κ1) is 8.45. The molecule has 0 amide bonds. The minimum Gasteiger partial charge on any atom is -0.293 e. The molecule has 0 unspecified atom stereocenters. The fourth-order valence-electron chi connectivity index (χ4n) is 1.13. The quantitative estimate of drug-likeness (QED) is 0.590. The molecule has 1 saturated carbocycles. The second kappa shape index (κ2) is 3.30. The fourth-order valence-corrected chi connectivity index (χ4v) is 2.54. The molecule has 2 rings (SSSR count). The van der Waals surface area contributed by atoms with Crippen LogP contribution in [0.3, 0.4) is 0 Å². The predicted molar refractivity (Wildman–Crippen MR) is 54.0 cm³/mol. The average Bonchev–Trinajstić information content (AvgIpc) is 2.82. The Morgan fingerprint density at radius 2 is 2.33 bits per heavy atom. The molecule has 0 bridgehead atoms. The summed E-state index contributed by atoms with van der Waals surface area (Å²) < 4.78 is 0. The molecule has 0 atom stereocenters. The first-order valence-corrected chi connectivity index (χ1v) is 5.94. The summed E-state index contributed by atoms with van der Waals surface area (Å²) in [6.07, 6.45) is 2.20. The lowest BCUT2D eigenvalue weighted by atomic mass is 10.2. The summed E-state index contributed by atoms with van der Waals surface area (Å²) >= 11 is 4.98. The number of alkyl halides is 1. The third kappa shape index (κ3) is 1.62. The van der Waals surface area contributed by atoms with Crippen molar-refractivity contribution in [1.82, 2.24) is 0 Å². The molecule has 0 radical (unpaired) electrons. The van der Waals surface area contributed by atoms with Gasteiger partial charge in [-0.1, -0.05) is 15.9 Å². The van der Waals surface area contributed by atoms with E-state index >= 15 is 0 Å². The molecule has 1 heterocycles. The van der Waals surface area contributed by atoms with Crippen molar-refractivity contribution in [3.05, 3.63) is 21.9 Å². The Hall–Kier alpha value is -0.150. The number of ketones is 1. The van der Waals surface area contributed by atoms with Gasteiger partial charge in [0.2, 0.25) is 0 Å². The van der Waals surface area contributed by atoms with E-state index in [1.165, 1.54) is 4.88 Å². The molecule has 1 fully saturated rings. The maximum atomic E-state index is 11.5. The van der Waals surface area contributed by atoms with E-state index < -0.39 is 0 Å². The third-order valence-electron chi connectivity index (χ3n) is 1.98. The summed E-state index contributed by atoms with van der Waals surface area (Å²) in [6, 6.07) is 3.97. The van der Waals surface area contributed by atoms with Gasteiger partial charge >= 0.3 is 0 Å². The van der Waals surface area contributed by atoms with Crippen molar-refractivity contribution < 1.29 is 4.79 Å². The Morgan fingerprint density at radius 1 is 1.58 bits per heavy atom. The van der Waals surface area contributed by atoms with Crippen LogP contribution in [0.1, 0.15) is 27.4 Å². The van der Waals surface area contributed by atoms with E-state index in [2.05, 4.69) is 15.9 Å². The van der Waals surface area contributed by atoms with E-state index in [9.17, 15) is 4.79 Å². The minimum absolute atomic E-state index is 0.354. The largest absolute Gasteiger partial charge is 0.293 e. The van der Waals surface area contributed by atoms with Gasteiger partial charge in [0, 0.05) is 16.1 Å². The van der Waals surface area contributed by atoms with E-state index in [4.69, 9.17) is 0 Å². The molecule has 64 valence electrons. The van der Waals surface area contributed by atoms with Crippen molar-refractivity contribution in [2.24, 2.45) is 5.92 Å². The van der Waals surface area contributed by atoms with Crippen LogP contribution >= 0.6 is 27.3 Å². The van der Waals surface area contributed by atoms with Crippen LogP contribution in [0, 0.1) is 5.92 Å². The van der Waals surface area contributed by atoms with Crippen LogP contribution in [0.25, 0.3) is 0 Å². The molecule has 0 aliphatic heterocycles. The molecular weight excluding hydrogens is 236 g/mol. The van der Waals surface area contributed by atoms with Gasteiger partial charge in [-0.15, -0.1) is 11.3 Å². The summed E-state index contributed by atoms with van der Waals surface area (Å²) in [4.78, 5) is 13.7. The smallest absolute Gasteiger partial charge is 0.175 e. The Labute approximate surface area is 83.9 Å². The van der Waals surface area contributed by atoms with Crippen LogP contribution in [-0.4, -0.2) is 5.78 Å². The highest BCUT2D eigenvalue weighted by molar-refractivity contribution is 9.08. The Morgan fingerprint density at radius 3 is 2.83 bits per heavy atom. The van der Waals surface area contributed by atoms with Crippen molar-refractivity contribution in [3.63, 3.8) is 0 Å². The lowest BCUT2D eigenvalue weighted by molar-refractivity contribution is 0.0971. The van der Waals surface area contributed by atoms with Gasteiger partial charge in [-0.2, -0.15) is 0 Å². The number of thiophene rings is 1. The fraction of sp³-hybridized carbons (Fsp3) is 0.444. The average molecular weight is 245 g/mol. The number of halogens is 1. The number of carbonyl (C=O) groups excluding carboxylic acids is 1. The lowest BCUT2D eigenvalue weighted by Gasteiger charge is -1.90. The number of Topliss-reactive ketones (excluding diaryl/α,β-unsaturated/α-hetero) is 1. The standard InChI is InChI=1S/C9H9BrOS/c10-5-7-3-4-8(12-7)9(11)6-1-2-6/h3-4,6H,1-2,5H2. The monoisotopic (exact) mass is 244 g/mol. The topological polar surface area (TPSA) is 17.1 Å². The summed E-state index contributed by atoms with van der Waals surface area (Å²) in [6.45, 7) is 0. The Kier molecular flexibility index (Phi) is 2.33. The van der Waals surface area contributed by atoms with Crippen LogP contribution in [0.15, 0.2) is 12.1 Å². The number of carbonyl (C=O) groups is 1. The highest BCUT2D eigenvalue weighted by atomic mass is 79.9. The van der Waals surface area contributed by atoms with E-state index in [-0.39, 0.29) is 0 Å². The van der Waals surface area contributed by atoms with Crippen LogP contribution in [0.2, 0.25) is 0 Å². The van der Waals surface area contributed by atoms with Crippen molar-refractivity contribution in [3.8, 4) is 0 Å². The van der Waals surface area contributed by atoms with E-state index in [1.54, 1.807) is 11.3 Å². The molecule has 1 aliphatic carbocycles. The highest BCUT2D eigenvalue weighted by Crippen LogP contribution is 2.34. The van der Waals surface area contributed by atoms with Gasteiger partial charge in [-0.05, 0) is 25.0 Å². The van der Waals surface area contributed by atoms with Crippen molar-refractivity contribution >= 4 is 33.0 Å². The van der Waals surface area contributed by atoms with Crippen LogP contribution in [0.5, 0.6) is 0 Å². The van der Waals surface area contributed by atoms with Gasteiger partial charge in [0.05, 0.1) is 4.88 Å². The first-order chi connectivity index (χ1) is 5.81. The van der Waals surface area contributed by atoms with Crippen LogP contribution in [-0.2, 0) is 5.33 Å². The summed E-state index contributed by atoms with van der Waals surface area (Å²) in [7, 11) is 0. The van der Waals surface area contributed by atoms with E-state index in [1.807, 2.05) is 12.1 Å². The minimum atomic E-state index is 0.354. The highest BCUT2D eigenvalue weighted by Gasteiger charge is 2.31. The summed E-state index contributed by atoms with van der Waals surface area (Å²) in [5, 5.41) is 0.857. The van der Waals surface area contributed by atoms with Gasteiger partial charge in [-0.25, -0.2) is 0 Å².